The van der Waals surface area contributed by atoms with Crippen molar-refractivity contribution in [2.24, 2.45) is 5.92 Å². The largest absolute Gasteiger partial charge is 0.355 e. The van der Waals surface area contributed by atoms with Crippen molar-refractivity contribution in [2.75, 3.05) is 26.7 Å². The number of hydrogen-bond acceptors (Lipinski definition) is 4. The lowest BCUT2D eigenvalue weighted by Crippen LogP contribution is -2.39. The Balaban J connectivity index is 1.86. The Morgan fingerprint density at radius 1 is 1.29 bits per heavy atom. The molecule has 2 saturated heterocycles. The van der Waals surface area contributed by atoms with E-state index in [-0.39, 0.29) is 16.8 Å². The lowest BCUT2D eigenvalue weighted by atomic mass is 10.1. The third-order valence-corrected chi connectivity index (χ3v) is 6.28. The molecule has 2 aliphatic rings. The van der Waals surface area contributed by atoms with Crippen LogP contribution in [0.25, 0.3) is 0 Å². The standard InChI is InChI=1S/C14H19N3O3S/c1-15-14(18)10-2-4-12(5-3-10)21(19,20)17-7-6-11-8-16-9-13(11)17/h2-5,11,13,16H,6-9H2,1H3,(H,15,18)/t11-,13+/m0/s1. The number of carbonyl (C=O) groups excluding carboxylic acids is 1. The summed E-state index contributed by atoms with van der Waals surface area (Å²) >= 11 is 0. The zero-order valence-corrected chi connectivity index (χ0v) is 12.7. The van der Waals surface area contributed by atoms with Gasteiger partial charge in [0.2, 0.25) is 10.0 Å². The van der Waals surface area contributed by atoms with Crippen molar-refractivity contribution in [3.8, 4) is 0 Å². The third-order valence-electron chi connectivity index (χ3n) is 4.34. The molecule has 6 nitrogen and oxygen atoms in total. The second-order valence-corrected chi connectivity index (χ2v) is 7.38. The molecule has 1 aromatic carbocycles. The number of nitrogens with one attached hydrogen (secondary N) is 2. The molecule has 0 aliphatic carbocycles. The fraction of sp³-hybridized carbons (Fsp3) is 0.500. The Morgan fingerprint density at radius 3 is 2.67 bits per heavy atom. The van der Waals surface area contributed by atoms with Crippen LogP contribution in [-0.2, 0) is 10.0 Å². The van der Waals surface area contributed by atoms with Crippen molar-refractivity contribution >= 4 is 15.9 Å². The van der Waals surface area contributed by atoms with E-state index in [1.165, 1.54) is 12.1 Å². The minimum absolute atomic E-state index is 0.0635. The van der Waals surface area contributed by atoms with Crippen molar-refractivity contribution in [1.29, 1.82) is 0 Å². The fourth-order valence-electron chi connectivity index (χ4n) is 3.17. The second-order valence-electron chi connectivity index (χ2n) is 5.49. The van der Waals surface area contributed by atoms with Gasteiger partial charge in [-0.1, -0.05) is 0 Å². The van der Waals surface area contributed by atoms with Crippen LogP contribution in [0.15, 0.2) is 29.2 Å². The number of hydrogen-bond donors (Lipinski definition) is 2. The molecule has 2 atom stereocenters. The van der Waals surface area contributed by atoms with Gasteiger partial charge < -0.3 is 10.6 Å². The van der Waals surface area contributed by atoms with Gasteiger partial charge in [0.15, 0.2) is 0 Å². The highest BCUT2D eigenvalue weighted by molar-refractivity contribution is 7.89. The van der Waals surface area contributed by atoms with Crippen LogP contribution in [-0.4, -0.2) is 51.4 Å². The van der Waals surface area contributed by atoms with Crippen LogP contribution in [0.1, 0.15) is 16.8 Å². The highest BCUT2D eigenvalue weighted by Crippen LogP contribution is 2.32. The molecule has 3 rings (SSSR count). The van der Waals surface area contributed by atoms with Gasteiger partial charge in [0.05, 0.1) is 4.90 Å². The molecule has 1 aromatic rings. The maximum absolute atomic E-state index is 12.7. The summed E-state index contributed by atoms with van der Waals surface area (Å²) in [6.45, 7) is 2.20. The van der Waals surface area contributed by atoms with Crippen LogP contribution >= 0.6 is 0 Å². The molecular weight excluding hydrogens is 290 g/mol. The average Bonchev–Trinajstić information content (AvgIpc) is 3.09. The van der Waals surface area contributed by atoms with Crippen LogP contribution in [0, 0.1) is 5.92 Å². The molecule has 1 amide bonds. The van der Waals surface area contributed by atoms with E-state index in [9.17, 15) is 13.2 Å². The van der Waals surface area contributed by atoms with Gasteiger partial charge in [0.25, 0.3) is 5.91 Å². The molecule has 2 aliphatic heterocycles. The summed E-state index contributed by atoms with van der Waals surface area (Å²) in [5.41, 5.74) is 0.457. The number of amides is 1. The molecule has 0 bridgehead atoms. The van der Waals surface area contributed by atoms with E-state index in [1.54, 1.807) is 23.5 Å². The Hall–Kier alpha value is -1.44. The number of sulfonamides is 1. The SMILES string of the molecule is CNC(=O)c1ccc(S(=O)(=O)N2CC[C@H]3CNC[C@H]32)cc1. The van der Waals surface area contributed by atoms with Gasteiger partial charge in [-0.3, -0.25) is 4.79 Å². The maximum atomic E-state index is 12.7. The first kappa shape index (κ1) is 14.5. The summed E-state index contributed by atoms with van der Waals surface area (Å²) < 4.78 is 27.1. The van der Waals surface area contributed by atoms with Gasteiger partial charge in [0.1, 0.15) is 0 Å². The Bertz CT molecular complexity index is 642. The Morgan fingerprint density at radius 2 is 2.00 bits per heavy atom. The molecule has 0 radical (unpaired) electrons. The summed E-state index contributed by atoms with van der Waals surface area (Å²) in [7, 11) is -1.93. The number of nitrogens with zero attached hydrogens (tertiary/aromatic N) is 1. The average molecular weight is 309 g/mol. The smallest absolute Gasteiger partial charge is 0.251 e. The molecular formula is C14H19N3O3S. The summed E-state index contributed by atoms with van der Waals surface area (Å²) in [5.74, 6) is 0.199. The van der Waals surface area contributed by atoms with Crippen LogP contribution in [0.3, 0.4) is 0 Å². The van der Waals surface area contributed by atoms with Crippen LogP contribution in [0.5, 0.6) is 0 Å². The molecule has 114 valence electrons. The Labute approximate surface area is 124 Å². The van der Waals surface area contributed by atoms with Crippen molar-refractivity contribution < 1.29 is 13.2 Å². The number of rotatable bonds is 3. The van der Waals surface area contributed by atoms with Crippen molar-refractivity contribution in [1.82, 2.24) is 14.9 Å². The van der Waals surface area contributed by atoms with E-state index in [4.69, 9.17) is 0 Å². The minimum Gasteiger partial charge on any atom is -0.355 e. The normalized spacial score (nSPS) is 25.8. The highest BCUT2D eigenvalue weighted by Gasteiger charge is 2.43. The van der Waals surface area contributed by atoms with E-state index in [0.29, 0.717) is 18.0 Å². The third kappa shape index (κ3) is 2.45. The van der Waals surface area contributed by atoms with E-state index >= 15 is 0 Å². The van der Waals surface area contributed by atoms with Crippen LogP contribution < -0.4 is 10.6 Å². The molecule has 0 unspecified atom stereocenters. The van der Waals surface area contributed by atoms with Gasteiger partial charge in [0, 0.05) is 31.7 Å². The monoisotopic (exact) mass is 309 g/mol. The van der Waals surface area contributed by atoms with Crippen LogP contribution in [0.2, 0.25) is 0 Å². The summed E-state index contributed by atoms with van der Waals surface area (Å²) in [6.07, 6.45) is 0.910. The molecule has 21 heavy (non-hydrogen) atoms. The molecule has 2 fully saturated rings. The molecule has 2 heterocycles. The van der Waals surface area contributed by atoms with E-state index in [0.717, 1.165) is 19.5 Å². The Kier molecular flexibility index (Phi) is 3.73. The summed E-state index contributed by atoms with van der Waals surface area (Å²) in [4.78, 5) is 11.8. The lowest BCUT2D eigenvalue weighted by molar-refractivity contribution is 0.0963. The van der Waals surface area contributed by atoms with E-state index < -0.39 is 10.0 Å². The van der Waals surface area contributed by atoms with Gasteiger partial charge in [-0.15, -0.1) is 0 Å². The number of benzene rings is 1. The van der Waals surface area contributed by atoms with E-state index in [1.807, 2.05) is 0 Å². The zero-order valence-electron chi connectivity index (χ0n) is 11.9. The molecule has 2 N–H and O–H groups in total. The summed E-state index contributed by atoms with van der Waals surface area (Å²) in [5, 5.41) is 5.77. The number of fused-ring (bicyclic) bond motifs is 1. The van der Waals surface area contributed by atoms with Gasteiger partial charge in [-0.2, -0.15) is 4.31 Å². The first-order chi connectivity index (χ1) is 10.0. The first-order valence-corrected chi connectivity index (χ1v) is 8.53. The number of carbonyl (C=O) groups is 1. The van der Waals surface area contributed by atoms with Crippen LogP contribution in [0.4, 0.5) is 0 Å². The second kappa shape index (κ2) is 5.40. The minimum atomic E-state index is -3.48. The maximum Gasteiger partial charge on any atom is 0.251 e. The predicted molar refractivity (Wildman–Crippen MR) is 78.5 cm³/mol. The molecule has 7 heteroatoms. The fourth-order valence-corrected chi connectivity index (χ4v) is 4.87. The van der Waals surface area contributed by atoms with Gasteiger partial charge in [-0.25, -0.2) is 8.42 Å². The zero-order chi connectivity index (χ0) is 15.0. The van der Waals surface area contributed by atoms with Crippen molar-refractivity contribution in [3.05, 3.63) is 29.8 Å². The van der Waals surface area contributed by atoms with E-state index in [2.05, 4.69) is 10.6 Å². The van der Waals surface area contributed by atoms with Crippen molar-refractivity contribution in [3.63, 3.8) is 0 Å². The van der Waals surface area contributed by atoms with Crippen molar-refractivity contribution in [2.45, 2.75) is 17.4 Å². The quantitative estimate of drug-likeness (QED) is 0.826. The topological polar surface area (TPSA) is 78.5 Å². The molecule has 0 spiro atoms. The first-order valence-electron chi connectivity index (χ1n) is 7.09. The molecule has 0 aromatic heterocycles. The van der Waals surface area contributed by atoms with Gasteiger partial charge in [-0.05, 0) is 43.1 Å². The summed E-state index contributed by atoms with van der Waals surface area (Å²) in [6, 6.07) is 6.18. The predicted octanol–water partition coefficient (Wildman–Crippen LogP) is 0.0286. The lowest BCUT2D eigenvalue weighted by Gasteiger charge is -2.22. The highest BCUT2D eigenvalue weighted by atomic mass is 32.2. The molecule has 0 saturated carbocycles. The van der Waals surface area contributed by atoms with Gasteiger partial charge >= 0.3 is 0 Å².